The average molecular weight is 386 g/mol. The van der Waals surface area contributed by atoms with Crippen molar-refractivity contribution in [2.75, 3.05) is 26.2 Å². The molecule has 0 aliphatic carbocycles. The number of benzene rings is 1. The van der Waals surface area contributed by atoms with E-state index in [2.05, 4.69) is 4.90 Å². The first kappa shape index (κ1) is 21.7. The van der Waals surface area contributed by atoms with Gasteiger partial charge in [0.25, 0.3) is 0 Å². The number of rotatable bonds is 7. The van der Waals surface area contributed by atoms with Gasteiger partial charge in [0, 0.05) is 32.7 Å². The normalized spacial score (nSPS) is 17.9. The molecule has 1 aromatic carbocycles. The Balaban J connectivity index is 1.95. The number of piperidine rings is 1. The highest BCUT2D eigenvalue weighted by atomic mass is 19.4. The number of hydrogen-bond acceptors (Lipinski definition) is 3. The second-order valence-corrected chi connectivity index (χ2v) is 7.89. The maximum atomic E-state index is 12.9. The molecule has 152 valence electrons. The molecule has 0 saturated carbocycles. The highest BCUT2D eigenvalue weighted by Gasteiger charge is 2.45. The molecule has 0 radical (unpaired) electrons. The lowest BCUT2D eigenvalue weighted by atomic mass is 9.90. The van der Waals surface area contributed by atoms with E-state index in [-0.39, 0.29) is 19.0 Å². The summed E-state index contributed by atoms with van der Waals surface area (Å²) in [5, 5.41) is 10.8. The maximum absolute atomic E-state index is 12.9. The van der Waals surface area contributed by atoms with Crippen molar-refractivity contribution < 1.29 is 23.1 Å². The summed E-state index contributed by atoms with van der Waals surface area (Å²) in [7, 11) is 0. The number of amides is 1. The Labute approximate surface area is 159 Å². The minimum absolute atomic E-state index is 0.00600. The minimum atomic E-state index is -4.92. The first-order valence-corrected chi connectivity index (χ1v) is 9.44. The van der Waals surface area contributed by atoms with Crippen LogP contribution >= 0.6 is 0 Å². The third-order valence-corrected chi connectivity index (χ3v) is 5.03. The van der Waals surface area contributed by atoms with Gasteiger partial charge in [0.2, 0.25) is 0 Å². The summed E-state index contributed by atoms with van der Waals surface area (Å²) >= 11 is 0. The Morgan fingerprint density at radius 2 is 1.81 bits per heavy atom. The molecule has 0 atom stereocenters. The van der Waals surface area contributed by atoms with Crippen molar-refractivity contribution in [3.05, 3.63) is 35.9 Å². The van der Waals surface area contributed by atoms with Gasteiger partial charge in [0.1, 0.15) is 0 Å². The maximum Gasteiger partial charge on any atom is 0.471 e. The highest BCUT2D eigenvalue weighted by Crippen LogP contribution is 2.27. The summed E-state index contributed by atoms with van der Waals surface area (Å²) in [6.07, 6.45) is -3.74. The van der Waals surface area contributed by atoms with Gasteiger partial charge in [-0.1, -0.05) is 44.2 Å². The number of hydrogen-bond donors (Lipinski definition) is 1. The SMILES string of the molecule is CC(C)CCN(CC1(O)CCN(Cc2ccccc2)CC1)C(=O)C(F)(F)F. The van der Waals surface area contributed by atoms with Crippen LogP contribution in [0.4, 0.5) is 13.2 Å². The number of aliphatic hydroxyl groups is 1. The smallest absolute Gasteiger partial charge is 0.388 e. The van der Waals surface area contributed by atoms with Crippen LogP contribution in [0.5, 0.6) is 0 Å². The molecule has 1 aromatic rings. The van der Waals surface area contributed by atoms with E-state index in [1.165, 1.54) is 0 Å². The number of carbonyl (C=O) groups excluding carboxylic acids is 1. The van der Waals surface area contributed by atoms with Crippen LogP contribution in [0.3, 0.4) is 0 Å². The molecule has 1 aliphatic heterocycles. The Morgan fingerprint density at radius 3 is 2.33 bits per heavy atom. The number of carbonyl (C=O) groups is 1. The van der Waals surface area contributed by atoms with E-state index < -0.39 is 17.7 Å². The molecule has 27 heavy (non-hydrogen) atoms. The van der Waals surface area contributed by atoms with E-state index in [1.807, 2.05) is 44.2 Å². The molecule has 0 spiro atoms. The highest BCUT2D eigenvalue weighted by molar-refractivity contribution is 5.81. The molecule has 1 amide bonds. The second-order valence-electron chi connectivity index (χ2n) is 7.89. The van der Waals surface area contributed by atoms with Gasteiger partial charge in [0.15, 0.2) is 0 Å². The molecule has 4 nitrogen and oxygen atoms in total. The quantitative estimate of drug-likeness (QED) is 0.781. The molecule has 1 heterocycles. The van der Waals surface area contributed by atoms with Crippen LogP contribution in [0.15, 0.2) is 30.3 Å². The van der Waals surface area contributed by atoms with Gasteiger partial charge in [-0.3, -0.25) is 9.69 Å². The molecule has 1 aliphatic rings. The summed E-state index contributed by atoms with van der Waals surface area (Å²) in [6, 6.07) is 9.92. The molecule has 0 bridgehead atoms. The predicted molar refractivity (Wildman–Crippen MR) is 98.0 cm³/mol. The van der Waals surface area contributed by atoms with Crippen molar-refractivity contribution in [2.45, 2.75) is 51.4 Å². The zero-order valence-corrected chi connectivity index (χ0v) is 16.0. The van der Waals surface area contributed by atoms with Crippen LogP contribution < -0.4 is 0 Å². The van der Waals surface area contributed by atoms with E-state index >= 15 is 0 Å². The van der Waals surface area contributed by atoms with Gasteiger partial charge in [-0.05, 0) is 30.7 Å². The fourth-order valence-corrected chi connectivity index (χ4v) is 3.33. The molecular formula is C20H29F3N2O2. The van der Waals surface area contributed by atoms with Gasteiger partial charge in [-0.25, -0.2) is 0 Å². The lowest BCUT2D eigenvalue weighted by Crippen LogP contribution is -2.54. The lowest BCUT2D eigenvalue weighted by Gasteiger charge is -2.41. The fraction of sp³-hybridized carbons (Fsp3) is 0.650. The Bertz CT molecular complexity index is 597. The molecule has 1 N–H and O–H groups in total. The molecule has 1 saturated heterocycles. The largest absolute Gasteiger partial charge is 0.471 e. The van der Waals surface area contributed by atoms with Crippen molar-refractivity contribution in [3.63, 3.8) is 0 Å². The Morgan fingerprint density at radius 1 is 1.22 bits per heavy atom. The predicted octanol–water partition coefficient (Wildman–Crippen LogP) is 3.45. The van der Waals surface area contributed by atoms with E-state index in [9.17, 15) is 23.1 Å². The lowest BCUT2D eigenvalue weighted by molar-refractivity contribution is -0.189. The first-order chi connectivity index (χ1) is 12.6. The summed E-state index contributed by atoms with van der Waals surface area (Å²) in [5.74, 6) is -1.68. The van der Waals surface area contributed by atoms with Crippen LogP contribution in [0.2, 0.25) is 0 Å². The second kappa shape index (κ2) is 9.06. The van der Waals surface area contributed by atoms with Gasteiger partial charge >= 0.3 is 12.1 Å². The van der Waals surface area contributed by atoms with Crippen molar-refractivity contribution in [3.8, 4) is 0 Å². The van der Waals surface area contributed by atoms with Crippen LogP contribution in [0, 0.1) is 5.92 Å². The first-order valence-electron chi connectivity index (χ1n) is 9.44. The molecule has 1 fully saturated rings. The topological polar surface area (TPSA) is 43.8 Å². The third kappa shape index (κ3) is 6.81. The van der Waals surface area contributed by atoms with Crippen molar-refractivity contribution in [1.82, 2.24) is 9.80 Å². The van der Waals surface area contributed by atoms with E-state index in [0.29, 0.717) is 32.4 Å². The van der Waals surface area contributed by atoms with Gasteiger partial charge in [-0.2, -0.15) is 13.2 Å². The zero-order chi connectivity index (χ0) is 20.1. The monoisotopic (exact) mass is 386 g/mol. The van der Waals surface area contributed by atoms with Crippen LogP contribution in [-0.2, 0) is 11.3 Å². The minimum Gasteiger partial charge on any atom is -0.388 e. The third-order valence-electron chi connectivity index (χ3n) is 5.03. The average Bonchev–Trinajstić information content (AvgIpc) is 2.60. The summed E-state index contributed by atoms with van der Waals surface area (Å²) < 4.78 is 38.8. The van der Waals surface area contributed by atoms with E-state index in [0.717, 1.165) is 17.0 Å². The van der Waals surface area contributed by atoms with Crippen LogP contribution in [0.1, 0.15) is 38.7 Å². The van der Waals surface area contributed by atoms with Gasteiger partial charge in [-0.15, -0.1) is 0 Å². The Kier molecular flexibility index (Phi) is 7.28. The molecule has 2 rings (SSSR count). The van der Waals surface area contributed by atoms with Crippen molar-refractivity contribution >= 4 is 5.91 Å². The number of nitrogens with zero attached hydrogens (tertiary/aromatic N) is 2. The van der Waals surface area contributed by atoms with E-state index in [4.69, 9.17) is 0 Å². The van der Waals surface area contributed by atoms with E-state index in [1.54, 1.807) is 0 Å². The molecule has 7 heteroatoms. The molecule has 0 unspecified atom stereocenters. The summed E-state index contributed by atoms with van der Waals surface area (Å²) in [5.41, 5.74) is -0.112. The van der Waals surface area contributed by atoms with Crippen LogP contribution in [-0.4, -0.2) is 58.8 Å². The van der Waals surface area contributed by atoms with Gasteiger partial charge < -0.3 is 10.0 Å². The zero-order valence-electron chi connectivity index (χ0n) is 16.0. The number of alkyl halides is 3. The Hall–Kier alpha value is -1.60. The fourth-order valence-electron chi connectivity index (χ4n) is 3.33. The summed E-state index contributed by atoms with van der Waals surface area (Å²) in [4.78, 5) is 14.7. The number of likely N-dealkylation sites (tertiary alicyclic amines) is 1. The van der Waals surface area contributed by atoms with Crippen LogP contribution in [0.25, 0.3) is 0 Å². The standard InChI is InChI=1S/C20H29F3N2O2/c1-16(2)8-11-25(18(26)20(21,22)23)15-19(27)9-12-24(13-10-19)14-17-6-4-3-5-7-17/h3-7,16,27H,8-15H2,1-2H3. The summed E-state index contributed by atoms with van der Waals surface area (Å²) in [6.45, 7) is 5.45. The number of halogens is 3. The molecule has 0 aromatic heterocycles. The van der Waals surface area contributed by atoms with Crippen molar-refractivity contribution in [1.29, 1.82) is 0 Å². The van der Waals surface area contributed by atoms with Crippen molar-refractivity contribution in [2.24, 2.45) is 5.92 Å². The van der Waals surface area contributed by atoms with Gasteiger partial charge in [0.05, 0.1) is 5.60 Å². The molecular weight excluding hydrogens is 357 g/mol.